The van der Waals surface area contributed by atoms with Gasteiger partial charge in [-0.2, -0.15) is 0 Å². The Morgan fingerprint density at radius 1 is 1.40 bits per heavy atom. The van der Waals surface area contributed by atoms with Gasteiger partial charge in [0, 0.05) is 18.3 Å². The van der Waals surface area contributed by atoms with Crippen molar-refractivity contribution in [3.8, 4) is 0 Å². The van der Waals surface area contributed by atoms with Crippen LogP contribution in [-0.4, -0.2) is 32.7 Å². The Balaban J connectivity index is 2.06. The lowest BCUT2D eigenvalue weighted by molar-refractivity contribution is -0.140. The molecule has 0 radical (unpaired) electrons. The molecule has 0 aliphatic heterocycles. The number of nitrogens with zero attached hydrogens (tertiary/aromatic N) is 1. The zero-order valence-corrected chi connectivity index (χ0v) is 11.2. The summed E-state index contributed by atoms with van der Waals surface area (Å²) >= 11 is 0. The number of H-pyrrole nitrogens is 1. The fraction of sp³-hybridized carbons (Fsp3) is 0.615. The molecule has 3 N–H and O–H groups in total. The normalized spacial score (nSPS) is 17.8. The second kappa shape index (κ2) is 6.51. The van der Waals surface area contributed by atoms with Crippen molar-refractivity contribution >= 4 is 5.97 Å². The first-order valence-electron chi connectivity index (χ1n) is 6.85. The Kier molecular flexibility index (Phi) is 4.73. The van der Waals surface area contributed by atoms with Crippen molar-refractivity contribution in [3.63, 3.8) is 0 Å². The number of aliphatic carboxylic acids is 1. The molecule has 0 aromatic carbocycles. The third-order valence-corrected chi connectivity index (χ3v) is 3.62. The molecular formula is C13H19N3O4. The number of hydrogen-bond donors (Lipinski definition) is 3. The molecule has 7 nitrogen and oxygen atoms in total. The largest absolute Gasteiger partial charge is 0.480 e. The second-order valence-corrected chi connectivity index (χ2v) is 5.15. The zero-order chi connectivity index (χ0) is 14.5. The van der Waals surface area contributed by atoms with Gasteiger partial charge in [0.05, 0.1) is 6.54 Å². The van der Waals surface area contributed by atoms with E-state index in [1.165, 1.54) is 23.3 Å². The molecule has 1 aliphatic rings. The summed E-state index contributed by atoms with van der Waals surface area (Å²) in [5.74, 6) is -0.992. The summed E-state index contributed by atoms with van der Waals surface area (Å²) in [7, 11) is 0. The predicted molar refractivity (Wildman–Crippen MR) is 72.8 cm³/mol. The SMILES string of the molecule is O=C(O)[C@H](Cn1ccc(=O)[nH]c1=O)NC1CCCCC1. The molecule has 2 rings (SSSR count). The maximum atomic E-state index is 11.6. The average Bonchev–Trinajstić information content (AvgIpc) is 2.42. The lowest BCUT2D eigenvalue weighted by atomic mass is 9.95. The molecule has 20 heavy (non-hydrogen) atoms. The van der Waals surface area contributed by atoms with E-state index in [0.717, 1.165) is 25.7 Å². The fourth-order valence-electron chi connectivity index (χ4n) is 2.54. The highest BCUT2D eigenvalue weighted by Gasteiger charge is 2.23. The zero-order valence-electron chi connectivity index (χ0n) is 11.2. The topological polar surface area (TPSA) is 104 Å². The van der Waals surface area contributed by atoms with Crippen molar-refractivity contribution in [2.75, 3.05) is 0 Å². The highest BCUT2D eigenvalue weighted by molar-refractivity contribution is 5.73. The van der Waals surface area contributed by atoms with Crippen LogP contribution in [0.15, 0.2) is 21.9 Å². The molecule has 1 aromatic heterocycles. The van der Waals surface area contributed by atoms with E-state index in [1.54, 1.807) is 0 Å². The van der Waals surface area contributed by atoms with Gasteiger partial charge in [-0.1, -0.05) is 19.3 Å². The van der Waals surface area contributed by atoms with Gasteiger partial charge in [0.15, 0.2) is 0 Å². The lowest BCUT2D eigenvalue weighted by Crippen LogP contribution is -2.48. The van der Waals surface area contributed by atoms with E-state index < -0.39 is 23.3 Å². The van der Waals surface area contributed by atoms with Crippen LogP contribution in [0.2, 0.25) is 0 Å². The molecule has 7 heteroatoms. The summed E-state index contributed by atoms with van der Waals surface area (Å²) in [6.07, 6.45) is 6.63. The minimum absolute atomic E-state index is 0.00144. The highest BCUT2D eigenvalue weighted by atomic mass is 16.4. The van der Waals surface area contributed by atoms with Crippen LogP contribution in [0.25, 0.3) is 0 Å². The average molecular weight is 281 g/mol. The third-order valence-electron chi connectivity index (χ3n) is 3.62. The van der Waals surface area contributed by atoms with Crippen molar-refractivity contribution in [2.24, 2.45) is 0 Å². The van der Waals surface area contributed by atoms with Crippen LogP contribution in [0.4, 0.5) is 0 Å². The molecule has 1 atom stereocenters. The maximum absolute atomic E-state index is 11.6. The molecule has 0 spiro atoms. The van der Waals surface area contributed by atoms with E-state index in [1.807, 2.05) is 0 Å². The van der Waals surface area contributed by atoms with Crippen molar-refractivity contribution in [1.29, 1.82) is 0 Å². The monoisotopic (exact) mass is 281 g/mol. The molecule has 110 valence electrons. The van der Waals surface area contributed by atoms with Crippen molar-refractivity contribution in [3.05, 3.63) is 33.1 Å². The van der Waals surface area contributed by atoms with E-state index >= 15 is 0 Å². The Bertz CT molecular complexity index is 571. The summed E-state index contributed by atoms with van der Waals surface area (Å²) in [6.45, 7) is 0.00144. The van der Waals surface area contributed by atoms with Crippen molar-refractivity contribution in [2.45, 2.75) is 50.7 Å². The highest BCUT2D eigenvalue weighted by Crippen LogP contribution is 2.17. The molecule has 1 saturated carbocycles. The number of hydrogen-bond acceptors (Lipinski definition) is 4. The quantitative estimate of drug-likeness (QED) is 0.700. The molecule has 0 bridgehead atoms. The summed E-state index contributed by atoms with van der Waals surface area (Å²) in [5.41, 5.74) is -1.08. The van der Waals surface area contributed by atoms with Crippen LogP contribution >= 0.6 is 0 Å². The molecule has 0 saturated heterocycles. The summed E-state index contributed by atoms with van der Waals surface area (Å²) in [5, 5.41) is 12.4. The lowest BCUT2D eigenvalue weighted by Gasteiger charge is -2.26. The molecule has 0 unspecified atom stereocenters. The van der Waals surface area contributed by atoms with Crippen LogP contribution in [0.5, 0.6) is 0 Å². The first-order valence-corrected chi connectivity index (χ1v) is 6.85. The van der Waals surface area contributed by atoms with Crippen LogP contribution in [0.3, 0.4) is 0 Å². The molecular weight excluding hydrogens is 262 g/mol. The minimum atomic E-state index is -0.992. The predicted octanol–water partition coefficient (Wildman–Crippen LogP) is -0.0879. The van der Waals surface area contributed by atoms with Gasteiger partial charge < -0.3 is 10.4 Å². The maximum Gasteiger partial charge on any atom is 0.328 e. The number of carboxylic acids is 1. The number of carbonyl (C=O) groups is 1. The number of aromatic amines is 1. The van der Waals surface area contributed by atoms with E-state index in [-0.39, 0.29) is 12.6 Å². The number of rotatable bonds is 5. The van der Waals surface area contributed by atoms with Gasteiger partial charge in [-0.25, -0.2) is 4.79 Å². The van der Waals surface area contributed by atoms with Crippen LogP contribution in [0.1, 0.15) is 32.1 Å². The van der Waals surface area contributed by atoms with Crippen molar-refractivity contribution < 1.29 is 9.90 Å². The van der Waals surface area contributed by atoms with Gasteiger partial charge in [-0.05, 0) is 12.8 Å². The van der Waals surface area contributed by atoms with Gasteiger partial charge in [0.2, 0.25) is 0 Å². The summed E-state index contributed by atoms with van der Waals surface area (Å²) in [6, 6.07) is 0.561. The van der Waals surface area contributed by atoms with Gasteiger partial charge in [-0.3, -0.25) is 19.1 Å². The van der Waals surface area contributed by atoms with Gasteiger partial charge >= 0.3 is 11.7 Å². The minimum Gasteiger partial charge on any atom is -0.480 e. The van der Waals surface area contributed by atoms with E-state index in [4.69, 9.17) is 0 Å². The first kappa shape index (κ1) is 14.5. The molecule has 1 aromatic rings. The Morgan fingerprint density at radius 3 is 2.70 bits per heavy atom. The van der Waals surface area contributed by atoms with Crippen LogP contribution in [-0.2, 0) is 11.3 Å². The van der Waals surface area contributed by atoms with Crippen LogP contribution in [0, 0.1) is 0 Å². The van der Waals surface area contributed by atoms with E-state index in [2.05, 4.69) is 10.3 Å². The van der Waals surface area contributed by atoms with E-state index in [0.29, 0.717) is 0 Å². The van der Waals surface area contributed by atoms with Gasteiger partial charge in [0.25, 0.3) is 5.56 Å². The number of nitrogens with one attached hydrogen (secondary N) is 2. The number of aromatic nitrogens is 2. The standard InChI is InChI=1S/C13H19N3O4/c17-11-6-7-16(13(20)15-11)8-10(12(18)19)14-9-4-2-1-3-5-9/h6-7,9-10,14H,1-5,8H2,(H,18,19)(H,15,17,20)/t10-/m0/s1. The van der Waals surface area contributed by atoms with Gasteiger partial charge in [0.1, 0.15) is 6.04 Å². The molecule has 1 aliphatic carbocycles. The molecule has 1 fully saturated rings. The second-order valence-electron chi connectivity index (χ2n) is 5.15. The van der Waals surface area contributed by atoms with Gasteiger partial charge in [-0.15, -0.1) is 0 Å². The Morgan fingerprint density at radius 2 is 2.10 bits per heavy atom. The summed E-state index contributed by atoms with van der Waals surface area (Å²) in [4.78, 5) is 36.0. The molecule has 1 heterocycles. The smallest absolute Gasteiger partial charge is 0.328 e. The van der Waals surface area contributed by atoms with E-state index in [9.17, 15) is 19.5 Å². The summed E-state index contributed by atoms with van der Waals surface area (Å²) < 4.78 is 1.20. The Labute approximate surface area is 115 Å². The first-order chi connectivity index (χ1) is 9.56. The van der Waals surface area contributed by atoms with Crippen LogP contribution < -0.4 is 16.6 Å². The third kappa shape index (κ3) is 3.80. The van der Waals surface area contributed by atoms with Crippen molar-refractivity contribution in [1.82, 2.24) is 14.9 Å². The fourth-order valence-corrected chi connectivity index (χ4v) is 2.54. The molecule has 0 amide bonds. The number of carboxylic acid groups (broad SMARTS) is 1. The Hall–Kier alpha value is -1.89.